The Balaban J connectivity index is 1.75. The number of hydrogen-bond acceptors (Lipinski definition) is 2. The van der Waals surface area contributed by atoms with Crippen molar-refractivity contribution in [1.29, 1.82) is 0 Å². The van der Waals surface area contributed by atoms with E-state index in [9.17, 15) is 4.79 Å². The Kier molecular flexibility index (Phi) is 5.55. The topological polar surface area (TPSA) is 34.4 Å². The van der Waals surface area contributed by atoms with Crippen molar-refractivity contribution in [2.75, 3.05) is 0 Å². The van der Waals surface area contributed by atoms with E-state index in [0.717, 1.165) is 15.8 Å². The predicted molar refractivity (Wildman–Crippen MR) is 120 cm³/mol. The first kappa shape index (κ1) is 19.5. The van der Waals surface area contributed by atoms with E-state index >= 15 is 0 Å². The second-order valence-corrected chi connectivity index (χ2v) is 8.04. The molecular weight excluding hydrogens is 423 g/mol. The first-order chi connectivity index (χ1) is 14.1. The summed E-state index contributed by atoms with van der Waals surface area (Å²) in [5.74, 6) is 2.24. The molecular formula is C23H14Cl2N2OS. The second-order valence-electron chi connectivity index (χ2n) is 6.24. The molecule has 29 heavy (non-hydrogen) atoms. The van der Waals surface area contributed by atoms with Crippen molar-refractivity contribution in [3.63, 3.8) is 0 Å². The molecule has 0 N–H and O–H groups in total. The molecule has 6 heteroatoms. The number of carbonyl (C=O) groups excluding carboxylic acids is 1. The van der Waals surface area contributed by atoms with Gasteiger partial charge in [-0.3, -0.25) is 4.79 Å². The zero-order valence-corrected chi connectivity index (χ0v) is 17.4. The maximum atomic E-state index is 12.8. The lowest BCUT2D eigenvalue weighted by Crippen LogP contribution is -2.16. The van der Waals surface area contributed by atoms with E-state index in [1.54, 1.807) is 22.8 Å². The van der Waals surface area contributed by atoms with Gasteiger partial charge in [-0.05, 0) is 35.4 Å². The van der Waals surface area contributed by atoms with Crippen molar-refractivity contribution in [3.8, 4) is 23.5 Å². The fraction of sp³-hybridized carbons (Fsp3) is 0.0435. The molecule has 4 aromatic rings. The van der Waals surface area contributed by atoms with E-state index in [1.165, 1.54) is 11.3 Å². The van der Waals surface area contributed by atoms with Gasteiger partial charge in [-0.15, -0.1) is 6.42 Å². The van der Waals surface area contributed by atoms with E-state index in [0.29, 0.717) is 25.9 Å². The number of aromatic nitrogens is 1. The molecule has 1 amide bonds. The van der Waals surface area contributed by atoms with Crippen molar-refractivity contribution in [2.45, 2.75) is 6.54 Å². The van der Waals surface area contributed by atoms with Crippen LogP contribution >= 0.6 is 34.5 Å². The van der Waals surface area contributed by atoms with Crippen LogP contribution in [0.15, 0.2) is 71.7 Å². The largest absolute Gasteiger partial charge is 0.303 e. The van der Waals surface area contributed by atoms with Gasteiger partial charge in [-0.25, -0.2) is 0 Å². The number of carbonyl (C=O) groups is 1. The van der Waals surface area contributed by atoms with Gasteiger partial charge in [0.2, 0.25) is 0 Å². The highest BCUT2D eigenvalue weighted by atomic mass is 35.5. The van der Waals surface area contributed by atoms with E-state index in [4.69, 9.17) is 29.6 Å². The maximum absolute atomic E-state index is 12.8. The lowest BCUT2D eigenvalue weighted by molar-refractivity contribution is 0.0998. The number of nitrogens with zero attached hydrogens (tertiary/aromatic N) is 2. The number of hydrogen-bond donors (Lipinski definition) is 0. The molecule has 0 fully saturated rings. The molecule has 0 aliphatic heterocycles. The summed E-state index contributed by atoms with van der Waals surface area (Å²) in [5, 5.41) is 0.828. The minimum atomic E-state index is -0.343. The third kappa shape index (κ3) is 3.86. The van der Waals surface area contributed by atoms with Crippen molar-refractivity contribution in [1.82, 2.24) is 4.57 Å². The zero-order valence-electron chi connectivity index (χ0n) is 15.1. The van der Waals surface area contributed by atoms with Crippen LogP contribution in [0.5, 0.6) is 0 Å². The Morgan fingerprint density at radius 3 is 2.38 bits per heavy atom. The van der Waals surface area contributed by atoms with Gasteiger partial charge >= 0.3 is 0 Å². The summed E-state index contributed by atoms with van der Waals surface area (Å²) in [6.07, 6.45) is 5.51. The number of thiazole rings is 1. The monoisotopic (exact) mass is 436 g/mol. The van der Waals surface area contributed by atoms with Crippen LogP contribution in [-0.2, 0) is 6.54 Å². The summed E-state index contributed by atoms with van der Waals surface area (Å²) in [6, 6.07) is 20.9. The average molecular weight is 437 g/mol. The summed E-state index contributed by atoms with van der Waals surface area (Å²) in [7, 11) is 0. The van der Waals surface area contributed by atoms with Crippen molar-refractivity contribution >= 4 is 50.7 Å². The van der Waals surface area contributed by atoms with E-state index in [2.05, 4.69) is 10.9 Å². The van der Waals surface area contributed by atoms with Crippen LogP contribution in [0.2, 0.25) is 10.0 Å². The fourth-order valence-corrected chi connectivity index (χ4v) is 4.53. The summed E-state index contributed by atoms with van der Waals surface area (Å²) < 4.78 is 2.60. The third-order valence-electron chi connectivity index (χ3n) is 4.42. The fourth-order valence-electron chi connectivity index (χ4n) is 3.01. The van der Waals surface area contributed by atoms with Crippen LogP contribution in [0, 0.1) is 12.3 Å². The standard InChI is InChI=1S/C23H14Cl2N2OS/c1-2-14-27-21-19(13-12-18(24)20(21)25)29-23(27)26-22(28)17-10-8-16(9-11-17)15-6-4-3-5-7-15/h1,3-13H,14H2. The van der Waals surface area contributed by atoms with Crippen LogP contribution < -0.4 is 4.80 Å². The van der Waals surface area contributed by atoms with Gasteiger partial charge in [0.25, 0.3) is 5.91 Å². The molecule has 1 aromatic heterocycles. The molecule has 3 aromatic carbocycles. The minimum Gasteiger partial charge on any atom is -0.303 e. The molecule has 0 saturated heterocycles. The Morgan fingerprint density at radius 2 is 1.69 bits per heavy atom. The molecule has 3 nitrogen and oxygen atoms in total. The van der Waals surface area contributed by atoms with Crippen LogP contribution in [-0.4, -0.2) is 10.5 Å². The zero-order chi connectivity index (χ0) is 20.4. The van der Waals surface area contributed by atoms with Gasteiger partial charge < -0.3 is 4.57 Å². The Bertz CT molecular complexity index is 1310. The molecule has 0 bridgehead atoms. The van der Waals surface area contributed by atoms with Crippen LogP contribution in [0.25, 0.3) is 21.3 Å². The van der Waals surface area contributed by atoms with Gasteiger partial charge in [0.15, 0.2) is 4.80 Å². The van der Waals surface area contributed by atoms with E-state index < -0.39 is 0 Å². The lowest BCUT2D eigenvalue weighted by atomic mass is 10.0. The first-order valence-corrected chi connectivity index (χ1v) is 10.3. The smallest absolute Gasteiger partial charge is 0.279 e. The first-order valence-electron chi connectivity index (χ1n) is 8.74. The van der Waals surface area contributed by atoms with E-state index in [1.807, 2.05) is 48.5 Å². The number of amides is 1. The number of terminal acetylenes is 1. The molecule has 0 radical (unpaired) electrons. The Morgan fingerprint density at radius 1 is 1.00 bits per heavy atom. The second kappa shape index (κ2) is 8.26. The van der Waals surface area contributed by atoms with Crippen LogP contribution in [0.4, 0.5) is 0 Å². The third-order valence-corrected chi connectivity index (χ3v) is 6.26. The van der Waals surface area contributed by atoms with Crippen LogP contribution in [0.1, 0.15) is 10.4 Å². The molecule has 0 unspecified atom stereocenters. The van der Waals surface area contributed by atoms with Gasteiger partial charge in [0.05, 0.1) is 26.8 Å². The summed E-state index contributed by atoms with van der Waals surface area (Å²) in [4.78, 5) is 17.6. The SMILES string of the molecule is C#CCn1c(=NC(=O)c2ccc(-c3ccccc3)cc2)sc2ccc(Cl)c(Cl)c21. The molecule has 0 aliphatic carbocycles. The highest BCUT2D eigenvalue weighted by Gasteiger charge is 2.13. The summed E-state index contributed by atoms with van der Waals surface area (Å²) >= 11 is 13.9. The van der Waals surface area contributed by atoms with Gasteiger partial charge in [-0.1, -0.05) is 82.9 Å². The predicted octanol–water partition coefficient (Wildman–Crippen LogP) is 6.05. The van der Waals surface area contributed by atoms with Gasteiger partial charge in [-0.2, -0.15) is 4.99 Å². The van der Waals surface area contributed by atoms with Crippen molar-refractivity contribution < 1.29 is 4.79 Å². The maximum Gasteiger partial charge on any atom is 0.279 e. The quantitative estimate of drug-likeness (QED) is 0.359. The summed E-state index contributed by atoms with van der Waals surface area (Å²) in [5.41, 5.74) is 3.31. The molecule has 0 atom stereocenters. The van der Waals surface area contributed by atoms with Crippen molar-refractivity contribution in [3.05, 3.63) is 87.1 Å². The summed E-state index contributed by atoms with van der Waals surface area (Å²) in [6.45, 7) is 0.235. The molecule has 142 valence electrons. The molecule has 0 spiro atoms. The normalized spacial score (nSPS) is 11.6. The average Bonchev–Trinajstić information content (AvgIpc) is 3.09. The van der Waals surface area contributed by atoms with Gasteiger partial charge in [0, 0.05) is 5.56 Å². The Hall–Kier alpha value is -2.84. The van der Waals surface area contributed by atoms with Crippen LogP contribution in [0.3, 0.4) is 0 Å². The number of rotatable bonds is 3. The van der Waals surface area contributed by atoms with Crippen molar-refractivity contribution in [2.24, 2.45) is 4.99 Å². The molecule has 1 heterocycles. The highest BCUT2D eigenvalue weighted by Crippen LogP contribution is 2.32. The Labute approximate surface area is 181 Å². The molecule has 0 saturated carbocycles. The lowest BCUT2D eigenvalue weighted by Gasteiger charge is -2.04. The number of fused-ring (bicyclic) bond motifs is 1. The number of benzene rings is 3. The van der Waals surface area contributed by atoms with E-state index in [-0.39, 0.29) is 12.5 Å². The van der Waals surface area contributed by atoms with Gasteiger partial charge in [0.1, 0.15) is 0 Å². The molecule has 0 aliphatic rings. The number of halogens is 2. The minimum absolute atomic E-state index is 0.235. The molecule has 4 rings (SSSR count). The highest BCUT2D eigenvalue weighted by molar-refractivity contribution is 7.16.